The first-order valence-corrected chi connectivity index (χ1v) is 9.67. The van der Waals surface area contributed by atoms with Gasteiger partial charge in [0.1, 0.15) is 5.41 Å². The van der Waals surface area contributed by atoms with Gasteiger partial charge in [-0.2, -0.15) is 0 Å². The summed E-state index contributed by atoms with van der Waals surface area (Å²) in [4.78, 5) is 12.0. The first-order chi connectivity index (χ1) is 11.7. The molecule has 7 heteroatoms. The molecule has 0 radical (unpaired) electrons. The summed E-state index contributed by atoms with van der Waals surface area (Å²) in [5.41, 5.74) is 5.75. The van der Waals surface area contributed by atoms with Gasteiger partial charge in [0.25, 0.3) is 0 Å². The van der Waals surface area contributed by atoms with Crippen LogP contribution in [0.2, 0.25) is 5.02 Å². The molecule has 0 aromatic heterocycles. The molecule has 2 aromatic rings. The van der Waals surface area contributed by atoms with Gasteiger partial charge in [0.05, 0.1) is 10.1 Å². The lowest BCUT2D eigenvalue weighted by Gasteiger charge is -2.10. The number of sulfone groups is 1. The fourth-order valence-corrected chi connectivity index (χ4v) is 5.97. The summed E-state index contributed by atoms with van der Waals surface area (Å²) in [6.45, 7) is 1.59. The van der Waals surface area contributed by atoms with Crippen LogP contribution in [0.25, 0.3) is 0 Å². The van der Waals surface area contributed by atoms with Crippen molar-refractivity contribution in [1.82, 2.24) is 0 Å². The number of carbonyl (C=O) groups is 1. The summed E-state index contributed by atoms with van der Waals surface area (Å²) in [6, 6.07) is 12.9. The maximum absolute atomic E-state index is 13.1. The Bertz CT molecular complexity index is 909. The normalized spacial score (nSPS) is 25.6. The van der Waals surface area contributed by atoms with Crippen molar-refractivity contribution in [3.05, 3.63) is 64.7 Å². The molecular formula is C18H18ClNO4S. The second kappa shape index (κ2) is 6.12. The second-order valence-corrected chi connectivity index (χ2v) is 8.86. The van der Waals surface area contributed by atoms with Crippen LogP contribution in [-0.4, -0.2) is 31.3 Å². The minimum absolute atomic E-state index is 0.110. The third-order valence-corrected chi connectivity index (χ3v) is 7.45. The van der Waals surface area contributed by atoms with Gasteiger partial charge >= 0.3 is 5.97 Å². The molecule has 0 amide bonds. The van der Waals surface area contributed by atoms with E-state index in [0.717, 1.165) is 5.56 Å². The Morgan fingerprint density at radius 3 is 2.20 bits per heavy atom. The highest BCUT2D eigenvalue weighted by Gasteiger charge is 2.75. The average Bonchev–Trinajstić information content (AvgIpc) is 3.27. The summed E-state index contributed by atoms with van der Waals surface area (Å²) >= 11 is 5.88. The predicted octanol–water partition coefficient (Wildman–Crippen LogP) is 2.62. The quantitative estimate of drug-likeness (QED) is 0.832. The van der Waals surface area contributed by atoms with Crippen molar-refractivity contribution >= 4 is 27.4 Å². The first-order valence-electron chi connectivity index (χ1n) is 7.74. The van der Waals surface area contributed by atoms with E-state index < -0.39 is 32.4 Å². The number of aryl methyl sites for hydroxylation is 1. The SMILES string of the molecule is Cc1ccc(S(=O)(=O)[C@@H]2[C@@H](c3ccc(Cl)cc3)[C@@]2(CN)C(=O)O)cc1. The zero-order valence-corrected chi connectivity index (χ0v) is 15.1. The fourth-order valence-electron chi connectivity index (χ4n) is 3.46. The van der Waals surface area contributed by atoms with Crippen molar-refractivity contribution in [1.29, 1.82) is 0 Å². The average molecular weight is 380 g/mol. The molecule has 3 atom stereocenters. The van der Waals surface area contributed by atoms with Crippen molar-refractivity contribution in [2.45, 2.75) is 23.0 Å². The molecule has 0 heterocycles. The maximum Gasteiger partial charge on any atom is 0.312 e. The molecule has 25 heavy (non-hydrogen) atoms. The molecule has 1 aliphatic carbocycles. The fraction of sp³-hybridized carbons (Fsp3) is 0.278. The molecule has 0 saturated heterocycles. The van der Waals surface area contributed by atoms with Gasteiger partial charge in [0, 0.05) is 17.5 Å². The zero-order valence-electron chi connectivity index (χ0n) is 13.5. The first kappa shape index (κ1) is 17.9. The highest BCUT2D eigenvalue weighted by Crippen LogP contribution is 2.63. The third kappa shape index (κ3) is 2.74. The lowest BCUT2D eigenvalue weighted by atomic mass is 9.99. The Hall–Kier alpha value is -1.89. The molecule has 0 bridgehead atoms. The van der Waals surface area contributed by atoms with Crippen molar-refractivity contribution in [2.24, 2.45) is 11.1 Å². The smallest absolute Gasteiger partial charge is 0.312 e. The van der Waals surface area contributed by atoms with Gasteiger partial charge in [-0.25, -0.2) is 8.42 Å². The minimum atomic E-state index is -3.85. The molecule has 0 spiro atoms. The van der Waals surface area contributed by atoms with Crippen molar-refractivity contribution in [2.75, 3.05) is 6.54 Å². The van der Waals surface area contributed by atoms with Crippen molar-refractivity contribution in [3.8, 4) is 0 Å². The summed E-state index contributed by atoms with van der Waals surface area (Å²) in [5.74, 6) is -1.91. The van der Waals surface area contributed by atoms with Crippen LogP contribution in [0.1, 0.15) is 17.0 Å². The maximum atomic E-state index is 13.1. The van der Waals surface area contributed by atoms with E-state index in [2.05, 4.69) is 0 Å². The number of aliphatic carboxylic acids is 1. The van der Waals surface area contributed by atoms with Crippen LogP contribution in [0, 0.1) is 12.3 Å². The van der Waals surface area contributed by atoms with Crippen LogP contribution in [0.15, 0.2) is 53.4 Å². The van der Waals surface area contributed by atoms with Crippen molar-refractivity contribution < 1.29 is 18.3 Å². The number of hydrogen-bond donors (Lipinski definition) is 2. The molecule has 1 saturated carbocycles. The van der Waals surface area contributed by atoms with E-state index in [0.29, 0.717) is 10.6 Å². The van der Waals surface area contributed by atoms with Gasteiger partial charge in [0.2, 0.25) is 0 Å². The molecule has 132 valence electrons. The van der Waals surface area contributed by atoms with E-state index in [1.165, 1.54) is 12.1 Å². The highest BCUT2D eigenvalue weighted by molar-refractivity contribution is 7.92. The van der Waals surface area contributed by atoms with Crippen LogP contribution >= 0.6 is 11.6 Å². The third-order valence-electron chi connectivity index (χ3n) is 4.91. The number of nitrogens with two attached hydrogens (primary N) is 1. The number of benzene rings is 2. The molecule has 3 N–H and O–H groups in total. The number of hydrogen-bond acceptors (Lipinski definition) is 4. The Balaban J connectivity index is 2.10. The Kier molecular flexibility index (Phi) is 4.39. The Morgan fingerprint density at radius 1 is 1.16 bits per heavy atom. The Labute approximate surface area is 151 Å². The summed E-state index contributed by atoms with van der Waals surface area (Å²) in [7, 11) is -3.85. The van der Waals surface area contributed by atoms with Gasteiger partial charge in [-0.1, -0.05) is 41.4 Å². The molecule has 3 rings (SSSR count). The molecule has 1 fully saturated rings. The van der Waals surface area contributed by atoms with Gasteiger partial charge < -0.3 is 10.8 Å². The van der Waals surface area contributed by atoms with Gasteiger partial charge in [-0.05, 0) is 36.8 Å². The van der Waals surface area contributed by atoms with Gasteiger partial charge in [0.15, 0.2) is 9.84 Å². The van der Waals surface area contributed by atoms with E-state index >= 15 is 0 Å². The molecular weight excluding hydrogens is 362 g/mol. The largest absolute Gasteiger partial charge is 0.481 e. The van der Waals surface area contributed by atoms with E-state index in [-0.39, 0.29) is 11.4 Å². The lowest BCUT2D eigenvalue weighted by molar-refractivity contribution is -0.143. The molecule has 5 nitrogen and oxygen atoms in total. The summed E-state index contributed by atoms with van der Waals surface area (Å²) in [6.07, 6.45) is 0. The standard InChI is InChI=1S/C18H18ClNO4S/c1-11-2-8-14(9-3-11)25(23,24)16-15(18(16,10-20)17(21)22)12-4-6-13(19)7-5-12/h2-9,15-16H,10,20H2,1H3,(H,21,22)/t15-,16-,18-/m1/s1. The highest BCUT2D eigenvalue weighted by atomic mass is 35.5. The summed E-state index contributed by atoms with van der Waals surface area (Å²) in [5, 5.41) is 9.14. The van der Waals surface area contributed by atoms with E-state index in [4.69, 9.17) is 17.3 Å². The number of carboxylic acids is 1. The predicted molar refractivity (Wildman–Crippen MR) is 95.5 cm³/mol. The molecule has 0 unspecified atom stereocenters. The number of carboxylic acid groups (broad SMARTS) is 1. The lowest BCUT2D eigenvalue weighted by Crippen LogP contribution is -2.31. The second-order valence-electron chi connectivity index (χ2n) is 6.36. The topological polar surface area (TPSA) is 97.5 Å². The van der Waals surface area contributed by atoms with E-state index in [1.54, 1.807) is 36.4 Å². The van der Waals surface area contributed by atoms with Crippen LogP contribution in [0.4, 0.5) is 0 Å². The van der Waals surface area contributed by atoms with Crippen LogP contribution in [-0.2, 0) is 14.6 Å². The molecule has 2 aromatic carbocycles. The van der Waals surface area contributed by atoms with E-state index in [1.807, 2.05) is 6.92 Å². The van der Waals surface area contributed by atoms with Gasteiger partial charge in [-0.15, -0.1) is 0 Å². The van der Waals surface area contributed by atoms with Crippen LogP contribution < -0.4 is 5.73 Å². The van der Waals surface area contributed by atoms with Crippen LogP contribution in [0.3, 0.4) is 0 Å². The minimum Gasteiger partial charge on any atom is -0.481 e. The van der Waals surface area contributed by atoms with Crippen LogP contribution in [0.5, 0.6) is 0 Å². The Morgan fingerprint density at radius 2 is 1.72 bits per heavy atom. The molecule has 1 aliphatic rings. The summed E-state index contributed by atoms with van der Waals surface area (Å²) < 4.78 is 26.2. The molecule has 0 aliphatic heterocycles. The van der Waals surface area contributed by atoms with Crippen molar-refractivity contribution in [3.63, 3.8) is 0 Å². The van der Waals surface area contributed by atoms with E-state index in [9.17, 15) is 18.3 Å². The zero-order chi connectivity index (χ0) is 18.4. The number of halogens is 1. The number of rotatable bonds is 5. The monoisotopic (exact) mass is 379 g/mol. The van der Waals surface area contributed by atoms with Gasteiger partial charge in [-0.3, -0.25) is 4.79 Å².